The van der Waals surface area contributed by atoms with Crippen molar-refractivity contribution >= 4 is 44.4 Å². The smallest absolute Gasteiger partial charge is 0.339 e. The molecule has 0 unspecified atom stereocenters. The van der Waals surface area contributed by atoms with Crippen LogP contribution < -0.4 is 10.0 Å². The predicted octanol–water partition coefficient (Wildman–Crippen LogP) is 3.23. The molecule has 12 heteroatoms. The summed E-state index contributed by atoms with van der Waals surface area (Å²) < 4.78 is 33.3. The zero-order valence-electron chi connectivity index (χ0n) is 22.3. The molecule has 0 saturated heterocycles. The number of esters is 1. The molecule has 11 nitrogen and oxygen atoms in total. The highest BCUT2D eigenvalue weighted by molar-refractivity contribution is 7.92. The zero-order valence-corrected chi connectivity index (χ0v) is 23.1. The highest BCUT2D eigenvalue weighted by Gasteiger charge is 2.26. The van der Waals surface area contributed by atoms with Crippen LogP contribution in [0.3, 0.4) is 0 Å². The van der Waals surface area contributed by atoms with Crippen LogP contribution in [0.15, 0.2) is 59.5 Å². The van der Waals surface area contributed by atoms with Gasteiger partial charge in [0.1, 0.15) is 0 Å². The molecule has 0 fully saturated rings. The number of carbonyl (C=O) groups excluding carboxylic acids is 2. The van der Waals surface area contributed by atoms with Gasteiger partial charge >= 0.3 is 5.97 Å². The fourth-order valence-corrected chi connectivity index (χ4v) is 5.57. The first kappa shape index (κ1) is 27.2. The lowest BCUT2D eigenvalue weighted by Crippen LogP contribution is -2.30. The third-order valence-corrected chi connectivity index (χ3v) is 7.78. The van der Waals surface area contributed by atoms with Crippen LogP contribution in [-0.2, 0) is 32.5 Å². The molecule has 2 N–H and O–H groups in total. The molecule has 0 atom stereocenters. The summed E-state index contributed by atoms with van der Waals surface area (Å²) in [6.45, 7) is 4.37. The molecule has 0 aliphatic carbocycles. The van der Waals surface area contributed by atoms with Gasteiger partial charge in [0.05, 0.1) is 16.0 Å². The molecule has 206 valence electrons. The van der Waals surface area contributed by atoms with Crippen molar-refractivity contribution in [3.8, 4) is 0 Å². The van der Waals surface area contributed by atoms with E-state index in [2.05, 4.69) is 24.9 Å². The Balaban J connectivity index is 1.25. The van der Waals surface area contributed by atoms with Gasteiger partial charge in [0, 0.05) is 53.2 Å². The molecule has 40 heavy (non-hydrogen) atoms. The number of hydrogen-bond donors (Lipinski definition) is 2. The summed E-state index contributed by atoms with van der Waals surface area (Å²) in [6, 6.07) is 14.7. The molecular weight excluding hydrogens is 532 g/mol. The summed E-state index contributed by atoms with van der Waals surface area (Å²) >= 11 is 0. The molecular formula is C28H28N6O5S. The number of amides is 1. The van der Waals surface area contributed by atoms with Crippen LogP contribution in [0.1, 0.15) is 33.0 Å². The summed E-state index contributed by atoms with van der Waals surface area (Å²) in [4.78, 5) is 40.8. The number of rotatable bonds is 7. The van der Waals surface area contributed by atoms with Gasteiger partial charge in [-0.1, -0.05) is 18.2 Å². The monoisotopic (exact) mass is 560 g/mol. The number of pyridine rings is 1. The Morgan fingerprint density at radius 3 is 2.42 bits per heavy atom. The molecule has 5 rings (SSSR count). The first-order chi connectivity index (χ1) is 19.1. The number of benzene rings is 2. The van der Waals surface area contributed by atoms with Crippen LogP contribution in [0.2, 0.25) is 0 Å². The van der Waals surface area contributed by atoms with Crippen LogP contribution in [0.4, 0.5) is 11.6 Å². The Hall–Kier alpha value is -4.42. The average molecular weight is 561 g/mol. The molecule has 2 aromatic carbocycles. The van der Waals surface area contributed by atoms with Crippen molar-refractivity contribution in [3.63, 3.8) is 0 Å². The van der Waals surface area contributed by atoms with E-state index < -0.39 is 28.5 Å². The summed E-state index contributed by atoms with van der Waals surface area (Å²) in [5.74, 6) is -1.18. The number of ether oxygens (including phenoxy) is 1. The topological polar surface area (TPSA) is 143 Å². The maximum atomic E-state index is 13.2. The molecule has 1 aliphatic heterocycles. The lowest BCUT2D eigenvalue weighted by molar-refractivity contribution is -0.119. The normalized spacial score (nSPS) is 13.5. The number of anilines is 2. The Morgan fingerprint density at radius 2 is 1.70 bits per heavy atom. The number of aromatic nitrogens is 3. The minimum atomic E-state index is -3.94. The van der Waals surface area contributed by atoms with Gasteiger partial charge in [0.25, 0.3) is 15.9 Å². The van der Waals surface area contributed by atoms with Gasteiger partial charge in [-0.25, -0.2) is 27.9 Å². The number of sulfonamides is 1. The molecule has 0 saturated carbocycles. The molecule has 1 amide bonds. The van der Waals surface area contributed by atoms with Gasteiger partial charge in [-0.15, -0.1) is 0 Å². The van der Waals surface area contributed by atoms with E-state index in [1.807, 2.05) is 31.3 Å². The number of hydrogen-bond acceptors (Lipinski definition) is 9. The van der Waals surface area contributed by atoms with Gasteiger partial charge < -0.3 is 15.0 Å². The van der Waals surface area contributed by atoms with E-state index >= 15 is 0 Å². The first-order valence-corrected chi connectivity index (χ1v) is 14.1. The summed E-state index contributed by atoms with van der Waals surface area (Å²) in [7, 11) is -1.96. The molecule has 0 radical (unpaired) electrons. The van der Waals surface area contributed by atoms with Crippen LogP contribution >= 0.6 is 0 Å². The van der Waals surface area contributed by atoms with Crippen molar-refractivity contribution in [2.24, 2.45) is 0 Å². The summed E-state index contributed by atoms with van der Waals surface area (Å²) in [6.07, 6.45) is 0.719. The van der Waals surface area contributed by atoms with Gasteiger partial charge in [-0.3, -0.25) is 9.78 Å². The standard InChI is InChI=1S/C28H28N6O5S/c1-17-14-18(2)30-28(29-17)33-40(37,38)20-10-8-19(9-11-20)31-25(35)16-39-27(36)26-21-6-4-5-7-23(21)32-24-12-13-34(3)15-22(24)26/h4-11,14H,12-13,15-16H2,1-3H3,(H,31,35)(H,29,30,33). The van der Waals surface area contributed by atoms with Crippen molar-refractivity contribution in [3.05, 3.63) is 82.8 Å². The van der Waals surface area contributed by atoms with Crippen molar-refractivity contribution in [1.82, 2.24) is 19.9 Å². The van der Waals surface area contributed by atoms with E-state index in [1.165, 1.54) is 24.3 Å². The molecule has 1 aliphatic rings. The van der Waals surface area contributed by atoms with E-state index in [-0.39, 0.29) is 10.8 Å². The van der Waals surface area contributed by atoms with Crippen molar-refractivity contribution in [2.45, 2.75) is 31.7 Å². The average Bonchev–Trinajstić information content (AvgIpc) is 2.90. The highest BCUT2D eigenvalue weighted by atomic mass is 32.2. The minimum absolute atomic E-state index is 0.0217. The molecule has 0 bridgehead atoms. The molecule has 3 heterocycles. The van der Waals surface area contributed by atoms with Gasteiger partial charge in [0.15, 0.2) is 6.61 Å². The summed E-state index contributed by atoms with van der Waals surface area (Å²) in [5, 5.41) is 3.30. The number of likely N-dealkylation sites (N-methyl/N-ethyl adjacent to an activating group) is 1. The largest absolute Gasteiger partial charge is 0.452 e. The number of carbonyl (C=O) groups is 2. The Labute approximate surface area is 231 Å². The number of aryl methyl sites for hydroxylation is 2. The van der Waals surface area contributed by atoms with Gasteiger partial charge in [-0.05, 0) is 57.3 Å². The highest BCUT2D eigenvalue weighted by Crippen LogP contribution is 2.28. The second kappa shape index (κ2) is 11.0. The second-order valence-corrected chi connectivity index (χ2v) is 11.3. The number of nitrogens with one attached hydrogen (secondary N) is 2. The molecule has 0 spiro atoms. The van der Waals surface area contributed by atoms with Crippen LogP contribution in [0.25, 0.3) is 10.9 Å². The third-order valence-electron chi connectivity index (χ3n) is 6.43. The summed E-state index contributed by atoms with van der Waals surface area (Å²) in [5.41, 5.74) is 4.42. The van der Waals surface area contributed by atoms with E-state index in [0.717, 1.165) is 24.2 Å². The predicted molar refractivity (Wildman–Crippen MR) is 149 cm³/mol. The van der Waals surface area contributed by atoms with E-state index in [4.69, 9.17) is 9.72 Å². The SMILES string of the molecule is Cc1cc(C)nc(NS(=O)(=O)c2ccc(NC(=O)COC(=O)c3c4c(nc5ccccc35)CCN(C)C4)cc2)n1. The van der Waals surface area contributed by atoms with Crippen molar-refractivity contribution in [1.29, 1.82) is 0 Å². The number of nitrogens with zero attached hydrogens (tertiary/aromatic N) is 4. The van der Waals surface area contributed by atoms with Crippen LogP contribution in [0.5, 0.6) is 0 Å². The molecule has 2 aromatic heterocycles. The fraction of sp³-hybridized carbons (Fsp3) is 0.250. The zero-order chi connectivity index (χ0) is 28.4. The second-order valence-electron chi connectivity index (χ2n) is 9.65. The van der Waals surface area contributed by atoms with Crippen molar-refractivity contribution in [2.75, 3.05) is 30.2 Å². The number of fused-ring (bicyclic) bond motifs is 2. The first-order valence-electron chi connectivity index (χ1n) is 12.6. The van der Waals surface area contributed by atoms with Gasteiger partial charge in [0.2, 0.25) is 5.95 Å². The Kier molecular flexibility index (Phi) is 7.46. The third kappa shape index (κ3) is 5.92. The lowest BCUT2D eigenvalue weighted by Gasteiger charge is -2.26. The van der Waals surface area contributed by atoms with E-state index in [0.29, 0.717) is 40.1 Å². The number of para-hydroxylation sites is 1. The lowest BCUT2D eigenvalue weighted by atomic mass is 9.96. The fourth-order valence-electron chi connectivity index (χ4n) is 4.63. The minimum Gasteiger partial charge on any atom is -0.452 e. The Bertz CT molecular complexity index is 1700. The quantitative estimate of drug-likeness (QED) is 0.326. The van der Waals surface area contributed by atoms with E-state index in [9.17, 15) is 18.0 Å². The Morgan fingerprint density at radius 1 is 1.00 bits per heavy atom. The van der Waals surface area contributed by atoms with E-state index in [1.54, 1.807) is 19.9 Å². The maximum absolute atomic E-state index is 13.2. The van der Waals surface area contributed by atoms with Crippen LogP contribution in [-0.4, -0.2) is 60.3 Å². The van der Waals surface area contributed by atoms with Crippen LogP contribution in [0, 0.1) is 13.8 Å². The van der Waals surface area contributed by atoms with Gasteiger partial charge in [-0.2, -0.15) is 0 Å². The van der Waals surface area contributed by atoms with Crippen molar-refractivity contribution < 1.29 is 22.7 Å². The molecule has 4 aromatic rings. The maximum Gasteiger partial charge on any atom is 0.339 e.